The van der Waals surface area contributed by atoms with E-state index >= 15 is 0 Å². The van der Waals surface area contributed by atoms with Gasteiger partial charge in [0.1, 0.15) is 18.3 Å². The van der Waals surface area contributed by atoms with Crippen molar-refractivity contribution < 1.29 is 19.0 Å². The second-order valence-corrected chi connectivity index (χ2v) is 15.0. The smallest absolute Gasteiger partial charge is 0.261 e. The standard InChI is InChI=1S/C32H40O4Si/c1-5-28(31(33)25-16-9-6-10-17-25)35-24-30-29(22-15-23-34-30)36-37(32(2,3)4,26-18-11-7-12-19-26)27-20-13-8-14-21-27/h5-14,16-21,28-31,33H,1,15,22-24H2,2-4H3/t28-,29-,30+,31-/m0/s1. The lowest BCUT2D eigenvalue weighted by Crippen LogP contribution is -2.69. The Kier molecular flexibility index (Phi) is 9.16. The van der Waals surface area contributed by atoms with E-state index in [2.05, 4.69) is 88.0 Å². The maximum atomic E-state index is 10.9. The molecule has 0 saturated carbocycles. The first kappa shape index (κ1) is 27.5. The highest BCUT2D eigenvalue weighted by Gasteiger charge is 2.52. The van der Waals surface area contributed by atoms with Gasteiger partial charge < -0.3 is 19.0 Å². The first-order chi connectivity index (χ1) is 17.9. The molecule has 0 aromatic heterocycles. The Bertz CT molecular complexity index is 1060. The van der Waals surface area contributed by atoms with Crippen LogP contribution in [0.1, 0.15) is 45.3 Å². The Balaban J connectivity index is 1.62. The van der Waals surface area contributed by atoms with Crippen LogP contribution < -0.4 is 10.4 Å². The third-order valence-electron chi connectivity index (χ3n) is 7.26. The van der Waals surface area contributed by atoms with Crippen LogP contribution in [0.25, 0.3) is 0 Å². The normalized spacial score (nSPS) is 20.2. The van der Waals surface area contributed by atoms with Gasteiger partial charge in [0.05, 0.1) is 12.7 Å². The number of ether oxygens (including phenoxy) is 2. The Labute approximate surface area is 223 Å². The van der Waals surface area contributed by atoms with Gasteiger partial charge in [-0.3, -0.25) is 0 Å². The summed E-state index contributed by atoms with van der Waals surface area (Å²) in [5, 5.41) is 13.3. The summed E-state index contributed by atoms with van der Waals surface area (Å²) in [4.78, 5) is 0. The molecule has 4 atom stereocenters. The highest BCUT2D eigenvalue weighted by molar-refractivity contribution is 6.99. The molecule has 1 aliphatic rings. The lowest BCUT2D eigenvalue weighted by atomic mass is 10.0. The summed E-state index contributed by atoms with van der Waals surface area (Å²) in [5.41, 5.74) is 0.803. The molecule has 37 heavy (non-hydrogen) atoms. The highest BCUT2D eigenvalue weighted by atomic mass is 28.4. The van der Waals surface area contributed by atoms with Gasteiger partial charge in [-0.25, -0.2) is 0 Å². The van der Waals surface area contributed by atoms with E-state index in [9.17, 15) is 5.11 Å². The van der Waals surface area contributed by atoms with Gasteiger partial charge >= 0.3 is 0 Å². The SMILES string of the molecule is C=C[C@H](OC[C@H]1OCCC[C@@H]1O[Si](c1ccccc1)(c1ccccc1)C(C)(C)C)[C@@H](O)c1ccccc1. The molecule has 1 fully saturated rings. The molecule has 4 rings (SSSR count). The molecular weight excluding hydrogens is 476 g/mol. The van der Waals surface area contributed by atoms with Crippen molar-refractivity contribution in [2.75, 3.05) is 13.2 Å². The fourth-order valence-corrected chi connectivity index (χ4v) is 10.1. The van der Waals surface area contributed by atoms with Crippen molar-refractivity contribution in [3.8, 4) is 0 Å². The van der Waals surface area contributed by atoms with Crippen molar-refractivity contribution in [2.45, 2.75) is 63.1 Å². The minimum atomic E-state index is -2.72. The Morgan fingerprint density at radius 1 is 0.946 bits per heavy atom. The topological polar surface area (TPSA) is 47.9 Å². The Morgan fingerprint density at radius 3 is 2.00 bits per heavy atom. The number of aliphatic hydroxyl groups is 1. The molecule has 0 bridgehead atoms. The molecule has 196 valence electrons. The molecule has 0 amide bonds. The second-order valence-electron chi connectivity index (χ2n) is 10.8. The third kappa shape index (κ3) is 6.14. The van der Waals surface area contributed by atoms with Crippen LogP contribution in [0.3, 0.4) is 0 Å². The summed E-state index contributed by atoms with van der Waals surface area (Å²) in [6, 6.07) is 30.9. The quantitative estimate of drug-likeness (QED) is 0.289. The zero-order valence-corrected chi connectivity index (χ0v) is 23.3. The van der Waals surface area contributed by atoms with Crippen LogP contribution in [-0.4, -0.2) is 44.9 Å². The minimum absolute atomic E-state index is 0.119. The average molecular weight is 517 g/mol. The fraction of sp³-hybridized carbons (Fsp3) is 0.375. The van der Waals surface area contributed by atoms with E-state index in [0.29, 0.717) is 13.2 Å². The lowest BCUT2D eigenvalue weighted by molar-refractivity contribution is -0.121. The largest absolute Gasteiger partial charge is 0.402 e. The van der Waals surface area contributed by atoms with Crippen LogP contribution in [0.4, 0.5) is 0 Å². The number of benzene rings is 3. The molecule has 0 aliphatic carbocycles. The minimum Gasteiger partial charge on any atom is -0.402 e. The zero-order chi connectivity index (χ0) is 26.3. The van der Waals surface area contributed by atoms with E-state index in [1.807, 2.05) is 30.3 Å². The summed E-state index contributed by atoms with van der Waals surface area (Å²) >= 11 is 0. The Morgan fingerprint density at radius 2 is 1.49 bits per heavy atom. The third-order valence-corrected chi connectivity index (χ3v) is 12.3. The number of hydrogen-bond acceptors (Lipinski definition) is 4. The lowest BCUT2D eigenvalue weighted by Gasteiger charge is -2.47. The van der Waals surface area contributed by atoms with Crippen LogP contribution in [0.2, 0.25) is 5.04 Å². The zero-order valence-electron chi connectivity index (χ0n) is 22.3. The van der Waals surface area contributed by atoms with Gasteiger partial charge in [-0.05, 0) is 33.8 Å². The van der Waals surface area contributed by atoms with Crippen molar-refractivity contribution >= 4 is 18.7 Å². The highest BCUT2D eigenvalue weighted by Crippen LogP contribution is 2.39. The summed E-state index contributed by atoms with van der Waals surface area (Å²) in [5.74, 6) is 0. The van der Waals surface area contributed by atoms with Crippen LogP contribution in [0, 0.1) is 0 Å². The van der Waals surface area contributed by atoms with Crippen LogP contribution in [-0.2, 0) is 13.9 Å². The molecule has 1 aliphatic heterocycles. The van der Waals surface area contributed by atoms with E-state index in [-0.39, 0.29) is 17.2 Å². The summed E-state index contributed by atoms with van der Waals surface area (Å²) in [6.45, 7) is 11.8. The van der Waals surface area contributed by atoms with E-state index < -0.39 is 20.5 Å². The monoisotopic (exact) mass is 516 g/mol. The van der Waals surface area contributed by atoms with Gasteiger partial charge in [0.15, 0.2) is 0 Å². The molecule has 0 spiro atoms. The maximum absolute atomic E-state index is 10.9. The first-order valence-electron chi connectivity index (χ1n) is 13.2. The van der Waals surface area contributed by atoms with E-state index in [0.717, 1.165) is 18.4 Å². The summed E-state index contributed by atoms with van der Waals surface area (Å²) in [7, 11) is -2.72. The predicted molar refractivity (Wildman–Crippen MR) is 153 cm³/mol. The molecule has 3 aromatic rings. The molecule has 0 radical (unpaired) electrons. The van der Waals surface area contributed by atoms with Gasteiger partial charge in [-0.1, -0.05) is 118 Å². The van der Waals surface area contributed by atoms with E-state index in [1.54, 1.807) is 6.08 Å². The molecule has 0 unspecified atom stereocenters. The number of hydrogen-bond donors (Lipinski definition) is 1. The van der Waals surface area contributed by atoms with Gasteiger partial charge in [-0.2, -0.15) is 0 Å². The number of aliphatic hydroxyl groups excluding tert-OH is 1. The van der Waals surface area contributed by atoms with Gasteiger partial charge in [0, 0.05) is 6.61 Å². The van der Waals surface area contributed by atoms with Crippen molar-refractivity contribution in [3.05, 3.63) is 109 Å². The van der Waals surface area contributed by atoms with Crippen molar-refractivity contribution in [1.29, 1.82) is 0 Å². The van der Waals surface area contributed by atoms with Crippen molar-refractivity contribution in [2.24, 2.45) is 0 Å². The first-order valence-corrected chi connectivity index (χ1v) is 15.2. The van der Waals surface area contributed by atoms with Gasteiger partial charge in [-0.15, -0.1) is 6.58 Å². The van der Waals surface area contributed by atoms with Crippen molar-refractivity contribution in [1.82, 2.24) is 0 Å². The predicted octanol–water partition coefficient (Wildman–Crippen LogP) is 5.42. The van der Waals surface area contributed by atoms with E-state index in [1.165, 1.54) is 10.4 Å². The molecular formula is C32H40O4Si. The molecule has 1 N–H and O–H groups in total. The molecule has 5 heteroatoms. The number of rotatable bonds is 10. The van der Waals surface area contributed by atoms with Gasteiger partial charge in [0.25, 0.3) is 8.32 Å². The van der Waals surface area contributed by atoms with Gasteiger partial charge in [0.2, 0.25) is 0 Å². The summed E-state index contributed by atoms with van der Waals surface area (Å²) < 4.78 is 19.9. The fourth-order valence-electron chi connectivity index (χ4n) is 5.35. The molecule has 3 aromatic carbocycles. The molecule has 1 heterocycles. The van der Waals surface area contributed by atoms with Crippen LogP contribution >= 0.6 is 0 Å². The molecule has 1 saturated heterocycles. The maximum Gasteiger partial charge on any atom is 0.261 e. The molecule has 4 nitrogen and oxygen atoms in total. The van der Waals surface area contributed by atoms with E-state index in [4.69, 9.17) is 13.9 Å². The van der Waals surface area contributed by atoms with Crippen LogP contribution in [0.5, 0.6) is 0 Å². The van der Waals surface area contributed by atoms with Crippen LogP contribution in [0.15, 0.2) is 104 Å². The summed E-state index contributed by atoms with van der Waals surface area (Å²) in [6.07, 6.45) is 1.81. The average Bonchev–Trinajstić information content (AvgIpc) is 2.93. The Hall–Kier alpha value is -2.54. The van der Waals surface area contributed by atoms with Crippen molar-refractivity contribution in [3.63, 3.8) is 0 Å². The second kappa shape index (κ2) is 12.3.